The second-order valence-corrected chi connectivity index (χ2v) is 3.19. The molecule has 0 amide bonds. The van der Waals surface area contributed by atoms with Crippen LogP contribution < -0.4 is 0 Å². The van der Waals surface area contributed by atoms with Gasteiger partial charge in [0.25, 0.3) is 0 Å². The third-order valence-corrected chi connectivity index (χ3v) is 2.28. The fraction of sp³-hybridized carbons (Fsp3) is 0.222. The molecule has 0 fully saturated rings. The highest BCUT2D eigenvalue weighted by Gasteiger charge is 2.28. The summed E-state index contributed by atoms with van der Waals surface area (Å²) in [6.07, 6.45) is 5.92. The lowest BCUT2D eigenvalue weighted by Crippen LogP contribution is -2.09. The first-order valence-electron chi connectivity index (χ1n) is 4.12. The van der Waals surface area contributed by atoms with E-state index in [1.54, 1.807) is 0 Å². The van der Waals surface area contributed by atoms with Gasteiger partial charge < -0.3 is 0 Å². The Morgan fingerprint density at radius 2 is 2.23 bits per heavy atom. The van der Waals surface area contributed by atoms with Crippen molar-refractivity contribution in [1.82, 2.24) is 10.3 Å². The van der Waals surface area contributed by atoms with E-state index in [1.807, 2.05) is 19.1 Å². The van der Waals surface area contributed by atoms with E-state index in [0.29, 0.717) is 0 Å². The SMILES string of the molecule is CC1=C[C@H]2C(=N1)C=Cc1nonc12. The Morgan fingerprint density at radius 3 is 3.15 bits per heavy atom. The van der Waals surface area contributed by atoms with Crippen LogP contribution in [0.2, 0.25) is 0 Å². The van der Waals surface area contributed by atoms with Crippen molar-refractivity contribution in [3.8, 4) is 0 Å². The number of hydrogen-bond donors (Lipinski definition) is 0. The molecule has 4 heteroatoms. The molecule has 0 spiro atoms. The molecule has 1 aliphatic carbocycles. The molecule has 1 aromatic heterocycles. The Balaban J connectivity index is 2.22. The summed E-state index contributed by atoms with van der Waals surface area (Å²) in [5.74, 6) is 0.159. The standard InChI is InChI=1S/C9H7N3O/c1-5-4-6-7(10-5)2-3-8-9(6)12-13-11-8/h2-4,6H,1H3/t6-/m0/s1. The summed E-state index contributed by atoms with van der Waals surface area (Å²) < 4.78 is 4.68. The van der Waals surface area contributed by atoms with Gasteiger partial charge >= 0.3 is 0 Å². The Labute approximate surface area is 74.6 Å². The van der Waals surface area contributed by atoms with Crippen LogP contribution in [-0.2, 0) is 0 Å². The Bertz CT molecular complexity index is 453. The fourth-order valence-corrected chi connectivity index (χ4v) is 1.70. The molecule has 0 radical (unpaired) electrons. The Kier molecular flexibility index (Phi) is 1.12. The molecule has 13 heavy (non-hydrogen) atoms. The monoisotopic (exact) mass is 173 g/mol. The second kappa shape index (κ2) is 2.16. The first kappa shape index (κ1) is 6.77. The fourth-order valence-electron chi connectivity index (χ4n) is 1.70. The highest BCUT2D eigenvalue weighted by atomic mass is 16.6. The largest absolute Gasteiger partial charge is 0.257 e. The minimum atomic E-state index is 0.159. The van der Waals surface area contributed by atoms with Crippen molar-refractivity contribution in [3.05, 3.63) is 29.2 Å². The van der Waals surface area contributed by atoms with Gasteiger partial charge in [-0.1, -0.05) is 10.3 Å². The number of aromatic nitrogens is 2. The van der Waals surface area contributed by atoms with Crippen LogP contribution in [-0.4, -0.2) is 16.0 Å². The predicted molar refractivity (Wildman–Crippen MR) is 47.3 cm³/mol. The van der Waals surface area contributed by atoms with Crippen LogP contribution in [0, 0.1) is 0 Å². The van der Waals surface area contributed by atoms with E-state index in [2.05, 4.69) is 26.0 Å². The smallest absolute Gasteiger partial charge is 0.132 e. The van der Waals surface area contributed by atoms with Crippen LogP contribution in [0.5, 0.6) is 0 Å². The molecule has 0 aromatic carbocycles. The van der Waals surface area contributed by atoms with Crippen molar-refractivity contribution < 1.29 is 4.63 Å². The van der Waals surface area contributed by atoms with Crippen molar-refractivity contribution in [2.45, 2.75) is 12.8 Å². The molecule has 3 rings (SSSR count). The zero-order chi connectivity index (χ0) is 8.84. The molecule has 0 bridgehead atoms. The molecule has 64 valence electrons. The first-order valence-corrected chi connectivity index (χ1v) is 4.12. The molecule has 1 aromatic rings. The number of fused-ring (bicyclic) bond motifs is 3. The normalized spacial score (nSPS) is 23.6. The number of hydrogen-bond acceptors (Lipinski definition) is 4. The van der Waals surface area contributed by atoms with E-state index < -0.39 is 0 Å². The van der Waals surface area contributed by atoms with Crippen LogP contribution in [0.4, 0.5) is 0 Å². The minimum Gasteiger partial charge on any atom is -0.257 e. The zero-order valence-corrected chi connectivity index (χ0v) is 7.06. The van der Waals surface area contributed by atoms with E-state index in [9.17, 15) is 0 Å². The van der Waals surface area contributed by atoms with Gasteiger partial charge in [0.1, 0.15) is 11.4 Å². The van der Waals surface area contributed by atoms with E-state index in [0.717, 1.165) is 22.8 Å². The molecule has 0 unspecified atom stereocenters. The molecule has 2 heterocycles. The molecule has 4 nitrogen and oxygen atoms in total. The molecular formula is C9H7N3O. The highest BCUT2D eigenvalue weighted by molar-refractivity contribution is 6.08. The van der Waals surface area contributed by atoms with Crippen molar-refractivity contribution >= 4 is 11.8 Å². The van der Waals surface area contributed by atoms with Gasteiger partial charge in [-0.05, 0) is 25.2 Å². The summed E-state index contributed by atoms with van der Waals surface area (Å²) in [7, 11) is 0. The second-order valence-electron chi connectivity index (χ2n) is 3.19. The van der Waals surface area contributed by atoms with Gasteiger partial charge in [0.2, 0.25) is 0 Å². The van der Waals surface area contributed by atoms with Gasteiger partial charge in [-0.15, -0.1) is 0 Å². The zero-order valence-electron chi connectivity index (χ0n) is 7.06. The summed E-state index contributed by atoms with van der Waals surface area (Å²) in [6.45, 7) is 1.98. The molecule has 0 saturated heterocycles. The maximum Gasteiger partial charge on any atom is 0.132 e. The molecule has 0 saturated carbocycles. The van der Waals surface area contributed by atoms with E-state index >= 15 is 0 Å². The highest BCUT2D eigenvalue weighted by Crippen LogP contribution is 2.31. The van der Waals surface area contributed by atoms with Crippen molar-refractivity contribution in [2.24, 2.45) is 4.99 Å². The number of rotatable bonds is 0. The molecule has 0 N–H and O–H groups in total. The van der Waals surface area contributed by atoms with Gasteiger partial charge in [-0.25, -0.2) is 4.63 Å². The molecule has 1 atom stereocenters. The van der Waals surface area contributed by atoms with Crippen molar-refractivity contribution in [1.29, 1.82) is 0 Å². The third kappa shape index (κ3) is 0.824. The maximum absolute atomic E-state index is 4.68. The summed E-state index contributed by atoms with van der Waals surface area (Å²) in [5, 5.41) is 7.66. The third-order valence-electron chi connectivity index (χ3n) is 2.28. The average molecular weight is 173 g/mol. The predicted octanol–water partition coefficient (Wildman–Crippen LogP) is 1.54. The van der Waals surface area contributed by atoms with Crippen LogP contribution in [0.1, 0.15) is 24.2 Å². The summed E-state index contributed by atoms with van der Waals surface area (Å²) in [5.41, 5.74) is 3.74. The lowest BCUT2D eigenvalue weighted by Gasteiger charge is -2.08. The van der Waals surface area contributed by atoms with E-state index in [-0.39, 0.29) is 5.92 Å². The van der Waals surface area contributed by atoms with Gasteiger partial charge in [0, 0.05) is 5.70 Å². The Morgan fingerprint density at radius 1 is 1.31 bits per heavy atom. The molecule has 1 aliphatic heterocycles. The van der Waals surface area contributed by atoms with Crippen molar-refractivity contribution in [2.75, 3.05) is 0 Å². The number of aliphatic imine (C=N–C) groups is 1. The quantitative estimate of drug-likeness (QED) is 0.597. The summed E-state index contributed by atoms with van der Waals surface area (Å²) in [4.78, 5) is 4.37. The lowest BCUT2D eigenvalue weighted by atomic mass is 9.94. The van der Waals surface area contributed by atoms with Crippen LogP contribution in [0.3, 0.4) is 0 Å². The van der Waals surface area contributed by atoms with Crippen LogP contribution in [0.15, 0.2) is 27.5 Å². The maximum atomic E-state index is 4.68. The number of nitrogens with zero attached hydrogens (tertiary/aromatic N) is 3. The summed E-state index contributed by atoms with van der Waals surface area (Å²) in [6, 6.07) is 0. The lowest BCUT2D eigenvalue weighted by molar-refractivity contribution is 0.303. The molecular weight excluding hydrogens is 166 g/mol. The van der Waals surface area contributed by atoms with Crippen molar-refractivity contribution in [3.63, 3.8) is 0 Å². The van der Waals surface area contributed by atoms with Gasteiger partial charge in [0.05, 0.1) is 11.6 Å². The van der Waals surface area contributed by atoms with E-state index in [1.165, 1.54) is 0 Å². The van der Waals surface area contributed by atoms with E-state index in [4.69, 9.17) is 0 Å². The van der Waals surface area contributed by atoms with Gasteiger partial charge in [-0.2, -0.15) is 0 Å². The topological polar surface area (TPSA) is 51.3 Å². The van der Waals surface area contributed by atoms with Gasteiger partial charge in [0.15, 0.2) is 0 Å². The van der Waals surface area contributed by atoms with Crippen LogP contribution >= 0.6 is 0 Å². The Hall–Kier alpha value is -1.71. The minimum absolute atomic E-state index is 0.159. The number of allylic oxidation sites excluding steroid dienone is 3. The van der Waals surface area contributed by atoms with Crippen LogP contribution in [0.25, 0.3) is 6.08 Å². The summed E-state index contributed by atoms with van der Waals surface area (Å²) >= 11 is 0. The van der Waals surface area contributed by atoms with Gasteiger partial charge in [-0.3, -0.25) is 4.99 Å². The molecule has 2 aliphatic rings. The first-order chi connectivity index (χ1) is 6.34. The average Bonchev–Trinajstić information content (AvgIpc) is 2.65.